The van der Waals surface area contributed by atoms with Crippen molar-refractivity contribution in [2.75, 3.05) is 0 Å². The van der Waals surface area contributed by atoms with Crippen LogP contribution in [0.15, 0.2) is 70.5 Å². The van der Waals surface area contributed by atoms with Crippen LogP contribution >= 0.6 is 0 Å². The molecule has 2 heterocycles. The Morgan fingerprint density at radius 1 is 0.964 bits per heavy atom. The van der Waals surface area contributed by atoms with E-state index >= 15 is 0 Å². The van der Waals surface area contributed by atoms with E-state index in [0.717, 1.165) is 11.1 Å². The zero-order valence-electron chi connectivity index (χ0n) is 14.8. The van der Waals surface area contributed by atoms with Crippen LogP contribution in [-0.4, -0.2) is 25.7 Å². The number of hydrogen-bond donors (Lipinski definition) is 3. The van der Waals surface area contributed by atoms with Gasteiger partial charge in [0.25, 0.3) is 5.91 Å². The molecule has 8 heteroatoms. The number of nitrogens with zero attached hydrogens (tertiary/aromatic N) is 2. The van der Waals surface area contributed by atoms with Crippen molar-refractivity contribution in [2.45, 2.75) is 13.1 Å². The zero-order valence-corrected chi connectivity index (χ0v) is 14.8. The van der Waals surface area contributed by atoms with Crippen LogP contribution in [-0.2, 0) is 13.1 Å². The Kier molecular flexibility index (Phi) is 4.59. The Hall–Kier alpha value is -3.94. The van der Waals surface area contributed by atoms with E-state index in [2.05, 4.69) is 20.4 Å². The molecule has 0 aliphatic rings. The lowest BCUT2D eigenvalue weighted by Crippen LogP contribution is -2.29. The van der Waals surface area contributed by atoms with Gasteiger partial charge in [0.05, 0.1) is 17.6 Å². The van der Waals surface area contributed by atoms with E-state index in [-0.39, 0.29) is 5.91 Å². The van der Waals surface area contributed by atoms with E-state index in [1.165, 1.54) is 6.07 Å². The fourth-order valence-electron chi connectivity index (χ4n) is 2.88. The first-order valence-electron chi connectivity index (χ1n) is 8.68. The molecule has 0 spiro atoms. The van der Waals surface area contributed by atoms with Crippen LogP contribution in [0.3, 0.4) is 0 Å². The standard InChI is InChI=1S/C20H17N5O3/c26-18(15-6-7-16-17(10-15)24-20(28)19(27)23-16)21-11-13-2-4-14(5-3-13)12-25-9-1-8-22-25/h1-10H,11-12H2,(H,21,26)(H,23,27)(H,24,28). The fourth-order valence-corrected chi connectivity index (χ4v) is 2.88. The third kappa shape index (κ3) is 3.75. The Morgan fingerprint density at radius 2 is 1.68 bits per heavy atom. The highest BCUT2D eigenvalue weighted by atomic mass is 16.2. The quantitative estimate of drug-likeness (QED) is 0.458. The second-order valence-electron chi connectivity index (χ2n) is 6.37. The van der Waals surface area contributed by atoms with Crippen LogP contribution in [0.4, 0.5) is 0 Å². The minimum Gasteiger partial charge on any atom is -0.348 e. The summed E-state index contributed by atoms with van der Waals surface area (Å²) in [6.45, 7) is 1.07. The molecule has 140 valence electrons. The minimum absolute atomic E-state index is 0.269. The third-order valence-corrected chi connectivity index (χ3v) is 4.36. The normalized spacial score (nSPS) is 10.9. The van der Waals surface area contributed by atoms with Crippen LogP contribution in [0.25, 0.3) is 11.0 Å². The van der Waals surface area contributed by atoms with Crippen molar-refractivity contribution in [3.63, 3.8) is 0 Å². The Bertz CT molecular complexity index is 1240. The molecular weight excluding hydrogens is 358 g/mol. The molecule has 0 unspecified atom stereocenters. The van der Waals surface area contributed by atoms with E-state index in [0.29, 0.717) is 29.7 Å². The van der Waals surface area contributed by atoms with Gasteiger partial charge in [-0.05, 0) is 35.4 Å². The number of aromatic nitrogens is 4. The summed E-state index contributed by atoms with van der Waals surface area (Å²) >= 11 is 0. The van der Waals surface area contributed by atoms with Crippen molar-refractivity contribution >= 4 is 16.9 Å². The van der Waals surface area contributed by atoms with Gasteiger partial charge in [0.2, 0.25) is 0 Å². The van der Waals surface area contributed by atoms with Crippen LogP contribution in [0.2, 0.25) is 0 Å². The van der Waals surface area contributed by atoms with Gasteiger partial charge in [-0.1, -0.05) is 24.3 Å². The molecule has 2 aromatic heterocycles. The summed E-state index contributed by atoms with van der Waals surface area (Å²) in [4.78, 5) is 40.1. The molecule has 0 radical (unpaired) electrons. The summed E-state index contributed by atoms with van der Waals surface area (Å²) in [5.41, 5.74) is 1.88. The molecule has 0 saturated heterocycles. The number of amides is 1. The SMILES string of the molecule is O=C(NCc1ccc(Cn2cccn2)cc1)c1ccc2[nH]c(=O)c(=O)[nH]c2c1. The predicted molar refractivity (Wildman–Crippen MR) is 104 cm³/mol. The smallest absolute Gasteiger partial charge is 0.314 e. The number of aromatic amines is 2. The Balaban J connectivity index is 1.42. The van der Waals surface area contributed by atoms with E-state index < -0.39 is 11.1 Å². The highest BCUT2D eigenvalue weighted by Gasteiger charge is 2.08. The molecule has 0 saturated carbocycles. The fraction of sp³-hybridized carbons (Fsp3) is 0.100. The van der Waals surface area contributed by atoms with Gasteiger partial charge in [0.15, 0.2) is 0 Å². The maximum atomic E-state index is 12.4. The maximum absolute atomic E-state index is 12.4. The van der Waals surface area contributed by atoms with Gasteiger partial charge in [-0.25, -0.2) is 0 Å². The topological polar surface area (TPSA) is 113 Å². The highest BCUT2D eigenvalue weighted by molar-refractivity contribution is 5.97. The lowest BCUT2D eigenvalue weighted by molar-refractivity contribution is 0.0951. The third-order valence-electron chi connectivity index (χ3n) is 4.36. The molecule has 4 aromatic rings. The predicted octanol–water partition coefficient (Wildman–Crippen LogP) is 1.39. The summed E-state index contributed by atoms with van der Waals surface area (Å²) in [6, 6.07) is 14.5. The zero-order chi connectivity index (χ0) is 19.5. The van der Waals surface area contributed by atoms with Crippen molar-refractivity contribution in [3.8, 4) is 0 Å². The lowest BCUT2D eigenvalue weighted by Gasteiger charge is -2.08. The summed E-state index contributed by atoms with van der Waals surface area (Å²) in [7, 11) is 0. The van der Waals surface area contributed by atoms with E-state index in [9.17, 15) is 14.4 Å². The molecule has 0 fully saturated rings. The first kappa shape index (κ1) is 17.5. The van der Waals surface area contributed by atoms with Gasteiger partial charge >= 0.3 is 11.1 Å². The van der Waals surface area contributed by atoms with Crippen LogP contribution < -0.4 is 16.4 Å². The summed E-state index contributed by atoms with van der Waals surface area (Å²) in [5, 5.41) is 7.03. The van der Waals surface area contributed by atoms with Gasteiger partial charge in [0, 0.05) is 24.5 Å². The minimum atomic E-state index is -0.750. The van der Waals surface area contributed by atoms with Crippen LogP contribution in [0, 0.1) is 0 Å². The number of carbonyl (C=O) groups is 1. The first-order valence-corrected chi connectivity index (χ1v) is 8.68. The van der Waals surface area contributed by atoms with Gasteiger partial charge in [-0.2, -0.15) is 5.10 Å². The van der Waals surface area contributed by atoms with Crippen molar-refractivity contribution in [2.24, 2.45) is 0 Å². The number of nitrogens with one attached hydrogen (secondary N) is 3. The lowest BCUT2D eigenvalue weighted by atomic mass is 10.1. The molecule has 8 nitrogen and oxygen atoms in total. The molecule has 1 amide bonds. The van der Waals surface area contributed by atoms with Crippen LogP contribution in [0.1, 0.15) is 21.5 Å². The number of benzene rings is 2. The molecule has 0 atom stereocenters. The number of rotatable bonds is 5. The van der Waals surface area contributed by atoms with Crippen molar-refractivity contribution < 1.29 is 4.79 Å². The van der Waals surface area contributed by atoms with E-state index in [1.807, 2.05) is 41.2 Å². The number of H-pyrrole nitrogens is 2. The average Bonchev–Trinajstić information content (AvgIpc) is 3.21. The highest BCUT2D eigenvalue weighted by Crippen LogP contribution is 2.10. The molecule has 0 aliphatic heterocycles. The van der Waals surface area contributed by atoms with Gasteiger partial charge < -0.3 is 15.3 Å². The monoisotopic (exact) mass is 375 g/mol. The molecule has 4 rings (SSSR count). The van der Waals surface area contributed by atoms with Crippen LogP contribution in [0.5, 0.6) is 0 Å². The van der Waals surface area contributed by atoms with Crippen molar-refractivity contribution in [1.29, 1.82) is 0 Å². The van der Waals surface area contributed by atoms with Gasteiger partial charge in [0.1, 0.15) is 0 Å². The van der Waals surface area contributed by atoms with Crippen molar-refractivity contribution in [3.05, 3.63) is 98.3 Å². The van der Waals surface area contributed by atoms with Gasteiger partial charge in [-0.3, -0.25) is 19.1 Å². The number of fused-ring (bicyclic) bond motifs is 1. The van der Waals surface area contributed by atoms with Gasteiger partial charge in [-0.15, -0.1) is 0 Å². The molecule has 3 N–H and O–H groups in total. The van der Waals surface area contributed by atoms with Crippen molar-refractivity contribution in [1.82, 2.24) is 25.1 Å². The number of carbonyl (C=O) groups excluding carboxylic acids is 1. The number of hydrogen-bond acceptors (Lipinski definition) is 4. The Morgan fingerprint density at radius 3 is 2.39 bits per heavy atom. The molecule has 28 heavy (non-hydrogen) atoms. The second-order valence-corrected chi connectivity index (χ2v) is 6.37. The average molecular weight is 375 g/mol. The second kappa shape index (κ2) is 7.36. The summed E-state index contributed by atoms with van der Waals surface area (Å²) in [6.07, 6.45) is 3.64. The molecular formula is C20H17N5O3. The largest absolute Gasteiger partial charge is 0.348 e. The maximum Gasteiger partial charge on any atom is 0.314 e. The molecule has 0 bridgehead atoms. The van der Waals surface area contributed by atoms with E-state index in [1.54, 1.807) is 18.3 Å². The first-order chi connectivity index (χ1) is 13.6. The summed E-state index contributed by atoms with van der Waals surface area (Å²) in [5.74, 6) is -0.269. The Labute approximate surface area is 158 Å². The summed E-state index contributed by atoms with van der Waals surface area (Å²) < 4.78 is 1.84. The molecule has 0 aliphatic carbocycles. The molecule has 2 aromatic carbocycles. The van der Waals surface area contributed by atoms with E-state index in [4.69, 9.17) is 0 Å².